The predicted molar refractivity (Wildman–Crippen MR) is 77.9 cm³/mol. The average molecular weight is 277 g/mol. The highest BCUT2D eigenvalue weighted by Crippen LogP contribution is 2.43. The van der Waals surface area contributed by atoms with E-state index in [1.807, 2.05) is 38.1 Å². The maximum Gasteiger partial charge on any atom is 0.328 e. The summed E-state index contributed by atoms with van der Waals surface area (Å²) in [4.78, 5) is 12.0. The van der Waals surface area contributed by atoms with Gasteiger partial charge in [-0.05, 0) is 32.4 Å². The van der Waals surface area contributed by atoms with Gasteiger partial charge in [-0.3, -0.25) is 5.32 Å². The van der Waals surface area contributed by atoms with E-state index in [1.54, 1.807) is 0 Å². The van der Waals surface area contributed by atoms with Gasteiger partial charge in [-0.1, -0.05) is 32.0 Å². The molecule has 4 nitrogen and oxygen atoms in total. The number of hydrogen-bond acceptors (Lipinski definition) is 3. The molecule has 0 radical (unpaired) electrons. The van der Waals surface area contributed by atoms with E-state index in [2.05, 4.69) is 19.2 Å². The second kappa shape index (κ2) is 5.09. The number of aliphatic carboxylic acids is 1. The zero-order valence-corrected chi connectivity index (χ0v) is 12.6. The van der Waals surface area contributed by atoms with E-state index in [-0.39, 0.29) is 0 Å². The topological polar surface area (TPSA) is 58.6 Å². The van der Waals surface area contributed by atoms with Crippen LogP contribution in [0.2, 0.25) is 0 Å². The van der Waals surface area contributed by atoms with Gasteiger partial charge in [0.05, 0.1) is 0 Å². The highest BCUT2D eigenvalue weighted by molar-refractivity contribution is 5.82. The summed E-state index contributed by atoms with van der Waals surface area (Å²) in [5, 5.41) is 13.1. The van der Waals surface area contributed by atoms with Crippen LogP contribution in [0.1, 0.15) is 39.7 Å². The quantitative estimate of drug-likeness (QED) is 0.888. The molecular weight excluding hydrogens is 254 g/mol. The number of fused-ring (bicyclic) bond motifs is 1. The minimum absolute atomic E-state index is 0.379. The number of ether oxygens (including phenoxy) is 1. The molecule has 1 unspecified atom stereocenters. The number of rotatable bonds is 4. The second-order valence-electron chi connectivity index (χ2n) is 6.52. The first kappa shape index (κ1) is 14.9. The van der Waals surface area contributed by atoms with Crippen LogP contribution in [0.5, 0.6) is 5.75 Å². The molecule has 0 spiro atoms. The average Bonchev–Trinajstić information content (AvgIpc) is 2.34. The fraction of sp³-hybridized carbons (Fsp3) is 0.562. The van der Waals surface area contributed by atoms with Crippen molar-refractivity contribution < 1.29 is 14.6 Å². The molecule has 1 aromatic rings. The number of carboxylic acids is 1. The van der Waals surface area contributed by atoms with Crippen molar-refractivity contribution in [2.75, 3.05) is 6.54 Å². The highest BCUT2D eigenvalue weighted by Gasteiger charge is 2.50. The third-order valence-corrected chi connectivity index (χ3v) is 3.60. The first-order valence-corrected chi connectivity index (χ1v) is 7.04. The fourth-order valence-corrected chi connectivity index (χ4v) is 2.78. The van der Waals surface area contributed by atoms with Crippen LogP contribution in [0, 0.1) is 5.92 Å². The van der Waals surface area contributed by atoms with E-state index in [0.29, 0.717) is 30.2 Å². The van der Waals surface area contributed by atoms with Gasteiger partial charge in [0.2, 0.25) is 0 Å². The first-order chi connectivity index (χ1) is 9.27. The van der Waals surface area contributed by atoms with E-state index in [0.717, 1.165) is 0 Å². The lowest BCUT2D eigenvalue weighted by Gasteiger charge is -2.44. The van der Waals surface area contributed by atoms with E-state index < -0.39 is 17.1 Å². The molecule has 4 heteroatoms. The Kier molecular flexibility index (Phi) is 3.78. The lowest BCUT2D eigenvalue weighted by Crippen LogP contribution is -2.57. The van der Waals surface area contributed by atoms with E-state index in [4.69, 9.17) is 4.74 Å². The number of carboxylic acid groups (broad SMARTS) is 1. The normalized spacial score (nSPS) is 24.1. The predicted octanol–water partition coefficient (Wildman–Crippen LogP) is 2.77. The lowest BCUT2D eigenvalue weighted by molar-refractivity contribution is -0.149. The molecule has 0 saturated heterocycles. The summed E-state index contributed by atoms with van der Waals surface area (Å²) in [5.41, 5.74) is -0.883. The molecule has 1 aliphatic rings. The Morgan fingerprint density at radius 1 is 1.40 bits per heavy atom. The van der Waals surface area contributed by atoms with Gasteiger partial charge in [-0.2, -0.15) is 0 Å². The van der Waals surface area contributed by atoms with Crippen molar-refractivity contribution in [3.63, 3.8) is 0 Å². The van der Waals surface area contributed by atoms with Crippen molar-refractivity contribution in [3.8, 4) is 5.75 Å². The van der Waals surface area contributed by atoms with Crippen LogP contribution in [0.15, 0.2) is 24.3 Å². The molecule has 110 valence electrons. The summed E-state index contributed by atoms with van der Waals surface area (Å²) >= 11 is 0. The molecule has 0 saturated carbocycles. The third-order valence-electron chi connectivity index (χ3n) is 3.60. The van der Waals surface area contributed by atoms with Crippen LogP contribution in [0.25, 0.3) is 0 Å². The molecule has 1 heterocycles. The Bertz CT molecular complexity index is 510. The summed E-state index contributed by atoms with van der Waals surface area (Å²) in [7, 11) is 0. The minimum Gasteiger partial charge on any atom is -0.487 e. The maximum absolute atomic E-state index is 12.0. The molecule has 0 aliphatic carbocycles. The van der Waals surface area contributed by atoms with Gasteiger partial charge in [0.1, 0.15) is 16.9 Å². The summed E-state index contributed by atoms with van der Waals surface area (Å²) in [6.45, 7) is 8.64. The Morgan fingerprint density at radius 3 is 2.65 bits per heavy atom. The minimum atomic E-state index is -1.08. The zero-order valence-electron chi connectivity index (χ0n) is 12.6. The van der Waals surface area contributed by atoms with Crippen molar-refractivity contribution in [3.05, 3.63) is 29.8 Å². The zero-order chi connectivity index (χ0) is 15.0. The SMILES string of the molecule is CC(C)CNC1(C(=O)O)CC(C)(C)Oc2ccccc21. The molecule has 1 aromatic carbocycles. The third kappa shape index (κ3) is 2.66. The van der Waals surface area contributed by atoms with Crippen LogP contribution in [0.3, 0.4) is 0 Å². The van der Waals surface area contributed by atoms with E-state index in [1.165, 1.54) is 0 Å². The van der Waals surface area contributed by atoms with Gasteiger partial charge in [0, 0.05) is 12.0 Å². The largest absolute Gasteiger partial charge is 0.487 e. The highest BCUT2D eigenvalue weighted by atomic mass is 16.5. The summed E-state index contributed by atoms with van der Waals surface area (Å²) < 4.78 is 5.93. The van der Waals surface area contributed by atoms with Crippen LogP contribution < -0.4 is 10.1 Å². The molecule has 0 amide bonds. The number of hydrogen-bond donors (Lipinski definition) is 2. The lowest BCUT2D eigenvalue weighted by atomic mass is 9.77. The summed E-state index contributed by atoms with van der Waals surface area (Å²) in [6.07, 6.45) is 0.402. The Labute approximate surface area is 120 Å². The van der Waals surface area contributed by atoms with Crippen LogP contribution in [0.4, 0.5) is 0 Å². The van der Waals surface area contributed by atoms with Crippen molar-refractivity contribution in [2.45, 2.75) is 45.3 Å². The summed E-state index contributed by atoms with van der Waals surface area (Å²) in [6, 6.07) is 7.40. The number of para-hydroxylation sites is 1. The number of carbonyl (C=O) groups is 1. The van der Waals surface area contributed by atoms with Gasteiger partial charge in [0.25, 0.3) is 0 Å². The van der Waals surface area contributed by atoms with Gasteiger partial charge in [0.15, 0.2) is 0 Å². The van der Waals surface area contributed by atoms with Crippen molar-refractivity contribution in [1.29, 1.82) is 0 Å². The first-order valence-electron chi connectivity index (χ1n) is 7.04. The number of nitrogens with one attached hydrogen (secondary N) is 1. The van der Waals surface area contributed by atoms with Gasteiger partial charge < -0.3 is 9.84 Å². The molecule has 0 fully saturated rings. The number of benzene rings is 1. The molecular formula is C16H23NO3. The Morgan fingerprint density at radius 2 is 2.05 bits per heavy atom. The van der Waals surface area contributed by atoms with Gasteiger partial charge in [-0.25, -0.2) is 4.79 Å². The van der Waals surface area contributed by atoms with E-state index in [9.17, 15) is 9.90 Å². The van der Waals surface area contributed by atoms with Crippen LogP contribution in [-0.4, -0.2) is 23.2 Å². The standard InChI is InChI=1S/C16H23NO3/c1-11(2)9-17-16(14(18)19)10-15(3,4)20-13-8-6-5-7-12(13)16/h5-8,11,17H,9-10H2,1-4H3,(H,18,19). The molecule has 0 bridgehead atoms. The fourth-order valence-electron chi connectivity index (χ4n) is 2.78. The molecule has 2 rings (SSSR count). The maximum atomic E-state index is 12.0. The molecule has 20 heavy (non-hydrogen) atoms. The van der Waals surface area contributed by atoms with Crippen LogP contribution in [-0.2, 0) is 10.3 Å². The van der Waals surface area contributed by atoms with Crippen LogP contribution >= 0.6 is 0 Å². The molecule has 2 N–H and O–H groups in total. The molecule has 0 aromatic heterocycles. The van der Waals surface area contributed by atoms with Crippen molar-refractivity contribution >= 4 is 5.97 Å². The van der Waals surface area contributed by atoms with Crippen molar-refractivity contribution in [2.24, 2.45) is 5.92 Å². The monoisotopic (exact) mass is 277 g/mol. The van der Waals surface area contributed by atoms with Crippen molar-refractivity contribution in [1.82, 2.24) is 5.32 Å². The summed E-state index contributed by atoms with van der Waals surface area (Å²) in [5.74, 6) is 0.189. The van der Waals surface area contributed by atoms with Gasteiger partial charge in [-0.15, -0.1) is 0 Å². The van der Waals surface area contributed by atoms with Gasteiger partial charge >= 0.3 is 5.97 Å². The second-order valence-corrected chi connectivity index (χ2v) is 6.52. The molecule has 1 atom stereocenters. The van der Waals surface area contributed by atoms with E-state index >= 15 is 0 Å². The molecule has 1 aliphatic heterocycles. The smallest absolute Gasteiger partial charge is 0.328 e. The Balaban J connectivity index is 2.51. The Hall–Kier alpha value is -1.55.